The van der Waals surface area contributed by atoms with Gasteiger partial charge in [-0.05, 0) is 56.2 Å². The third-order valence-electron chi connectivity index (χ3n) is 5.13. The topological polar surface area (TPSA) is 58.1 Å². The van der Waals surface area contributed by atoms with Crippen LogP contribution >= 0.6 is 11.3 Å². The van der Waals surface area contributed by atoms with Gasteiger partial charge in [0.15, 0.2) is 0 Å². The van der Waals surface area contributed by atoms with E-state index in [-0.39, 0.29) is 17.8 Å². The van der Waals surface area contributed by atoms with Crippen LogP contribution in [0.5, 0.6) is 0 Å². The Balaban J connectivity index is 1.34. The Bertz CT molecular complexity index is 966. The second-order valence-corrected chi connectivity index (χ2v) is 8.28. The fraction of sp³-hybridized carbons (Fsp3) is 0.318. The minimum atomic E-state index is -0.283. The Morgan fingerprint density at radius 3 is 2.66 bits per heavy atom. The highest BCUT2D eigenvalue weighted by Crippen LogP contribution is 2.28. The van der Waals surface area contributed by atoms with Crippen LogP contribution in [-0.2, 0) is 6.54 Å². The number of amides is 1. The molecule has 5 nitrogen and oxygen atoms in total. The van der Waals surface area contributed by atoms with Crippen LogP contribution in [0.15, 0.2) is 48.7 Å². The van der Waals surface area contributed by atoms with E-state index >= 15 is 0 Å². The van der Waals surface area contributed by atoms with E-state index in [9.17, 15) is 9.18 Å². The van der Waals surface area contributed by atoms with E-state index in [0.29, 0.717) is 10.6 Å². The minimum absolute atomic E-state index is 0.0727. The molecule has 0 spiro atoms. The highest BCUT2D eigenvalue weighted by molar-refractivity contribution is 7.17. The largest absolute Gasteiger partial charge is 0.348 e. The van der Waals surface area contributed by atoms with Gasteiger partial charge in [-0.25, -0.2) is 9.37 Å². The van der Waals surface area contributed by atoms with Crippen molar-refractivity contribution >= 4 is 17.2 Å². The fourth-order valence-corrected chi connectivity index (χ4v) is 4.50. The van der Waals surface area contributed by atoms with Crippen molar-refractivity contribution in [2.75, 3.05) is 13.1 Å². The summed E-state index contributed by atoms with van der Waals surface area (Å²) in [6, 6.07) is 12.3. The Morgan fingerprint density at radius 2 is 1.97 bits per heavy atom. The predicted molar refractivity (Wildman–Crippen MR) is 112 cm³/mol. The molecule has 3 heterocycles. The minimum Gasteiger partial charge on any atom is -0.348 e. The Morgan fingerprint density at radius 1 is 1.21 bits per heavy atom. The van der Waals surface area contributed by atoms with Crippen molar-refractivity contribution < 1.29 is 9.18 Å². The molecule has 1 N–H and O–H groups in total. The Hall–Kier alpha value is -2.64. The first-order valence-electron chi connectivity index (χ1n) is 9.75. The van der Waals surface area contributed by atoms with Crippen molar-refractivity contribution in [1.82, 2.24) is 20.2 Å². The molecule has 0 unspecified atom stereocenters. The lowest BCUT2D eigenvalue weighted by atomic mass is 10.0. The number of likely N-dealkylation sites (tertiary alicyclic amines) is 1. The zero-order chi connectivity index (χ0) is 20.2. The average molecular weight is 411 g/mol. The van der Waals surface area contributed by atoms with E-state index in [2.05, 4.69) is 20.2 Å². The maximum absolute atomic E-state index is 13.1. The number of carbonyl (C=O) groups is 1. The van der Waals surface area contributed by atoms with Crippen molar-refractivity contribution in [2.45, 2.75) is 32.4 Å². The number of hydrogen-bond donors (Lipinski definition) is 1. The maximum atomic E-state index is 13.1. The standard InChI is InChI=1S/C22H23FN4OS/c1-15-20(29-22(25-15)16-5-7-17(23)8-6-16)21(28)26-18-9-12-27(13-10-18)14-19-4-2-3-11-24-19/h2-8,11,18H,9-10,12-14H2,1H3,(H,26,28). The molecule has 1 aliphatic heterocycles. The van der Waals surface area contributed by atoms with Gasteiger partial charge in [0.1, 0.15) is 15.7 Å². The normalized spacial score (nSPS) is 15.4. The van der Waals surface area contributed by atoms with Crippen molar-refractivity contribution in [3.8, 4) is 10.6 Å². The number of halogens is 1. The number of piperidine rings is 1. The fourth-order valence-electron chi connectivity index (χ4n) is 3.53. The molecule has 1 aliphatic rings. The van der Waals surface area contributed by atoms with Gasteiger partial charge in [-0.1, -0.05) is 6.07 Å². The molecule has 3 aromatic rings. The SMILES string of the molecule is Cc1nc(-c2ccc(F)cc2)sc1C(=O)NC1CCN(Cc2ccccn2)CC1. The third kappa shape index (κ3) is 4.86. The van der Waals surface area contributed by atoms with E-state index in [1.165, 1.54) is 23.5 Å². The maximum Gasteiger partial charge on any atom is 0.263 e. The van der Waals surface area contributed by atoms with Crippen molar-refractivity contribution in [1.29, 1.82) is 0 Å². The van der Waals surface area contributed by atoms with Crippen molar-refractivity contribution in [3.63, 3.8) is 0 Å². The summed E-state index contributed by atoms with van der Waals surface area (Å²) < 4.78 is 13.1. The molecule has 150 valence electrons. The molecule has 4 rings (SSSR count). The number of nitrogens with zero attached hydrogens (tertiary/aromatic N) is 3. The molecule has 1 saturated heterocycles. The van der Waals surface area contributed by atoms with Gasteiger partial charge in [0.25, 0.3) is 5.91 Å². The van der Waals surface area contributed by atoms with Gasteiger partial charge < -0.3 is 5.32 Å². The lowest BCUT2D eigenvalue weighted by Gasteiger charge is -2.32. The van der Waals surface area contributed by atoms with Crippen LogP contribution in [0.4, 0.5) is 4.39 Å². The van der Waals surface area contributed by atoms with Gasteiger partial charge in [-0.2, -0.15) is 0 Å². The first-order valence-corrected chi connectivity index (χ1v) is 10.6. The molecule has 2 aromatic heterocycles. The number of rotatable bonds is 5. The van der Waals surface area contributed by atoms with Crippen LogP contribution in [0.1, 0.15) is 33.9 Å². The molecule has 1 fully saturated rings. The van der Waals surface area contributed by atoms with Crippen LogP contribution in [0, 0.1) is 12.7 Å². The molecule has 1 aromatic carbocycles. The average Bonchev–Trinajstić information content (AvgIpc) is 3.12. The first-order chi connectivity index (χ1) is 14.1. The lowest BCUT2D eigenvalue weighted by Crippen LogP contribution is -2.44. The smallest absolute Gasteiger partial charge is 0.263 e. The Kier molecular flexibility index (Phi) is 5.97. The first kappa shape index (κ1) is 19.7. The summed E-state index contributed by atoms with van der Waals surface area (Å²) in [4.78, 5) is 24.7. The van der Waals surface area contributed by atoms with E-state index in [0.717, 1.165) is 48.7 Å². The molecule has 0 bridgehead atoms. The number of carbonyl (C=O) groups excluding carboxylic acids is 1. The van der Waals surface area contributed by atoms with Crippen molar-refractivity contribution in [3.05, 3.63) is 70.7 Å². The molecule has 0 atom stereocenters. The number of aryl methyl sites for hydroxylation is 1. The Labute approximate surface area is 173 Å². The zero-order valence-electron chi connectivity index (χ0n) is 16.3. The zero-order valence-corrected chi connectivity index (χ0v) is 17.1. The molecule has 0 radical (unpaired) electrons. The number of hydrogen-bond acceptors (Lipinski definition) is 5. The lowest BCUT2D eigenvalue weighted by molar-refractivity contribution is 0.0912. The summed E-state index contributed by atoms with van der Waals surface area (Å²) in [6.45, 7) is 4.55. The third-order valence-corrected chi connectivity index (χ3v) is 6.33. The van der Waals surface area contributed by atoms with Gasteiger partial charge in [0.2, 0.25) is 0 Å². The molecular formula is C22H23FN4OS. The van der Waals surface area contributed by atoms with Crippen molar-refractivity contribution in [2.24, 2.45) is 0 Å². The van der Waals surface area contributed by atoms with Crippen LogP contribution in [0.25, 0.3) is 10.6 Å². The summed E-state index contributed by atoms with van der Waals surface area (Å²) in [6.07, 6.45) is 3.66. The summed E-state index contributed by atoms with van der Waals surface area (Å²) in [5.74, 6) is -0.356. The van der Waals surface area contributed by atoms with Gasteiger partial charge in [-0.3, -0.25) is 14.7 Å². The second kappa shape index (κ2) is 8.80. The quantitative estimate of drug-likeness (QED) is 0.690. The van der Waals surface area contributed by atoms with E-state index in [1.54, 1.807) is 12.1 Å². The number of thiazole rings is 1. The monoisotopic (exact) mass is 410 g/mol. The summed E-state index contributed by atoms with van der Waals surface area (Å²) in [5, 5.41) is 3.90. The van der Waals surface area contributed by atoms with Crippen LogP contribution in [0.3, 0.4) is 0 Å². The number of aromatic nitrogens is 2. The highest BCUT2D eigenvalue weighted by atomic mass is 32.1. The van der Waals surface area contributed by atoms with Gasteiger partial charge in [-0.15, -0.1) is 11.3 Å². The van der Waals surface area contributed by atoms with Gasteiger partial charge >= 0.3 is 0 Å². The number of benzene rings is 1. The number of nitrogens with one attached hydrogen (secondary N) is 1. The number of pyridine rings is 1. The molecular weight excluding hydrogens is 387 g/mol. The van der Waals surface area contributed by atoms with Crippen LogP contribution in [-0.4, -0.2) is 39.9 Å². The summed E-state index contributed by atoms with van der Waals surface area (Å²) >= 11 is 1.35. The summed E-state index contributed by atoms with van der Waals surface area (Å²) in [5.41, 5.74) is 2.60. The predicted octanol–water partition coefficient (Wildman–Crippen LogP) is 4.05. The molecule has 7 heteroatoms. The molecule has 29 heavy (non-hydrogen) atoms. The van der Waals surface area contributed by atoms with E-state index < -0.39 is 0 Å². The van der Waals surface area contributed by atoms with E-state index in [1.807, 2.05) is 31.3 Å². The van der Waals surface area contributed by atoms with Crippen LogP contribution < -0.4 is 5.32 Å². The second-order valence-electron chi connectivity index (χ2n) is 7.29. The molecule has 0 saturated carbocycles. The van der Waals surface area contributed by atoms with E-state index in [4.69, 9.17) is 0 Å². The van der Waals surface area contributed by atoms with Gasteiger partial charge in [0, 0.05) is 37.4 Å². The van der Waals surface area contributed by atoms with Crippen LogP contribution in [0.2, 0.25) is 0 Å². The molecule has 1 amide bonds. The molecule has 0 aliphatic carbocycles. The summed E-state index contributed by atoms with van der Waals surface area (Å²) in [7, 11) is 0. The van der Waals surface area contributed by atoms with Gasteiger partial charge in [0.05, 0.1) is 11.4 Å². The highest BCUT2D eigenvalue weighted by Gasteiger charge is 2.23.